The first-order valence-corrected chi connectivity index (χ1v) is 5.94. The van der Waals surface area contributed by atoms with E-state index in [1.54, 1.807) is 6.20 Å². The first-order chi connectivity index (χ1) is 8.69. The molecule has 1 saturated heterocycles. The van der Waals surface area contributed by atoms with Gasteiger partial charge in [-0.1, -0.05) is 0 Å². The summed E-state index contributed by atoms with van der Waals surface area (Å²) in [5.74, 6) is 0.934. The number of anilines is 1. The Labute approximate surface area is 105 Å². The third-order valence-corrected chi connectivity index (χ3v) is 3.18. The minimum Gasteiger partial charge on any atom is -0.370 e. The van der Waals surface area contributed by atoms with E-state index < -0.39 is 0 Å². The topological polar surface area (TPSA) is 95.9 Å². The Morgan fingerprint density at radius 3 is 2.67 bits per heavy atom. The summed E-state index contributed by atoms with van der Waals surface area (Å²) in [6, 6.07) is 1.94. The molecular formula is C12H15N5O. The van der Waals surface area contributed by atoms with Gasteiger partial charge in [-0.05, 0) is 18.8 Å². The van der Waals surface area contributed by atoms with E-state index in [-0.39, 0.29) is 5.91 Å². The van der Waals surface area contributed by atoms with Gasteiger partial charge < -0.3 is 10.6 Å². The number of amides is 1. The van der Waals surface area contributed by atoms with E-state index in [9.17, 15) is 4.79 Å². The molecule has 1 aliphatic heterocycles. The molecular weight excluding hydrogens is 230 g/mol. The molecule has 2 N–H and O–H groups in total. The smallest absolute Gasteiger partial charge is 0.217 e. The number of rotatable bonds is 3. The molecule has 18 heavy (non-hydrogen) atoms. The van der Waals surface area contributed by atoms with Gasteiger partial charge in [-0.3, -0.25) is 4.79 Å². The van der Waals surface area contributed by atoms with Crippen molar-refractivity contribution in [3.63, 3.8) is 0 Å². The number of nitrogens with zero attached hydrogens (tertiary/aromatic N) is 4. The number of piperidine rings is 1. The normalized spacial score (nSPS) is 16.3. The van der Waals surface area contributed by atoms with Gasteiger partial charge in [0, 0.05) is 19.5 Å². The van der Waals surface area contributed by atoms with E-state index in [4.69, 9.17) is 11.0 Å². The number of hydrogen-bond donors (Lipinski definition) is 1. The van der Waals surface area contributed by atoms with Gasteiger partial charge in [-0.2, -0.15) is 5.26 Å². The van der Waals surface area contributed by atoms with Crippen LogP contribution in [0.4, 0.5) is 5.82 Å². The average Bonchev–Trinajstić information content (AvgIpc) is 2.39. The van der Waals surface area contributed by atoms with Crippen LogP contribution in [-0.4, -0.2) is 29.0 Å². The Morgan fingerprint density at radius 1 is 1.44 bits per heavy atom. The highest BCUT2D eigenvalue weighted by Gasteiger charge is 2.21. The van der Waals surface area contributed by atoms with Crippen LogP contribution in [-0.2, 0) is 4.79 Å². The molecule has 0 aliphatic carbocycles. The molecule has 0 radical (unpaired) electrons. The van der Waals surface area contributed by atoms with Crippen molar-refractivity contribution in [2.75, 3.05) is 18.0 Å². The molecule has 2 heterocycles. The highest BCUT2D eigenvalue weighted by atomic mass is 16.1. The zero-order valence-corrected chi connectivity index (χ0v) is 10.0. The maximum Gasteiger partial charge on any atom is 0.217 e. The summed E-state index contributed by atoms with van der Waals surface area (Å²) in [5, 5.41) is 8.65. The summed E-state index contributed by atoms with van der Waals surface area (Å²) in [5.41, 5.74) is 5.52. The number of aromatic nitrogens is 2. The molecule has 0 aromatic carbocycles. The number of nitrogens with two attached hydrogens (primary N) is 1. The second-order valence-corrected chi connectivity index (χ2v) is 4.47. The SMILES string of the molecule is N#Cc1cnc(N2CCC(CC(N)=O)CC2)cn1. The standard InChI is InChI=1S/C12H15N5O/c13-6-10-7-16-12(8-15-10)17-3-1-9(2-4-17)5-11(14)18/h7-9H,1-5H2,(H2,14,18). The highest BCUT2D eigenvalue weighted by molar-refractivity contribution is 5.74. The van der Waals surface area contributed by atoms with Gasteiger partial charge in [-0.15, -0.1) is 0 Å². The van der Waals surface area contributed by atoms with Gasteiger partial charge in [0.2, 0.25) is 5.91 Å². The third kappa shape index (κ3) is 2.94. The van der Waals surface area contributed by atoms with Crippen molar-refractivity contribution < 1.29 is 4.79 Å². The van der Waals surface area contributed by atoms with Crippen molar-refractivity contribution in [3.8, 4) is 6.07 Å². The summed E-state index contributed by atoms with van der Waals surface area (Å²) in [6.45, 7) is 1.69. The van der Waals surface area contributed by atoms with Crippen LogP contribution in [0, 0.1) is 17.2 Å². The Hall–Kier alpha value is -2.16. The predicted octanol–water partition coefficient (Wildman–Crippen LogP) is 0.440. The van der Waals surface area contributed by atoms with E-state index >= 15 is 0 Å². The van der Waals surface area contributed by atoms with Crippen molar-refractivity contribution in [3.05, 3.63) is 18.1 Å². The van der Waals surface area contributed by atoms with Gasteiger partial charge >= 0.3 is 0 Å². The molecule has 1 aromatic rings. The van der Waals surface area contributed by atoms with Crippen LogP contribution in [0.25, 0.3) is 0 Å². The fourth-order valence-electron chi connectivity index (χ4n) is 2.19. The zero-order valence-electron chi connectivity index (χ0n) is 10.0. The lowest BCUT2D eigenvalue weighted by molar-refractivity contribution is -0.119. The molecule has 0 bridgehead atoms. The van der Waals surface area contributed by atoms with Crippen molar-refractivity contribution in [2.24, 2.45) is 11.7 Å². The largest absolute Gasteiger partial charge is 0.370 e. The molecule has 0 unspecified atom stereocenters. The van der Waals surface area contributed by atoms with Gasteiger partial charge in [0.25, 0.3) is 0 Å². The van der Waals surface area contributed by atoms with Crippen LogP contribution >= 0.6 is 0 Å². The summed E-state index contributed by atoms with van der Waals surface area (Å²) < 4.78 is 0. The van der Waals surface area contributed by atoms with Crippen LogP contribution in [0.15, 0.2) is 12.4 Å². The Balaban J connectivity index is 1.93. The molecule has 0 atom stereocenters. The lowest BCUT2D eigenvalue weighted by atomic mass is 9.93. The zero-order chi connectivity index (χ0) is 13.0. The summed E-state index contributed by atoms with van der Waals surface area (Å²) in [7, 11) is 0. The number of hydrogen-bond acceptors (Lipinski definition) is 5. The number of carbonyl (C=O) groups excluding carboxylic acids is 1. The van der Waals surface area contributed by atoms with E-state index in [0.29, 0.717) is 18.0 Å². The minimum atomic E-state index is -0.230. The fourth-order valence-corrected chi connectivity index (χ4v) is 2.19. The van der Waals surface area contributed by atoms with Crippen molar-refractivity contribution in [1.82, 2.24) is 9.97 Å². The molecule has 1 aromatic heterocycles. The second kappa shape index (κ2) is 5.45. The Bertz CT molecular complexity index is 456. The summed E-state index contributed by atoms with van der Waals surface area (Å²) in [4.78, 5) is 21.2. The fraction of sp³-hybridized carbons (Fsp3) is 0.500. The highest BCUT2D eigenvalue weighted by Crippen LogP contribution is 2.23. The second-order valence-electron chi connectivity index (χ2n) is 4.47. The van der Waals surface area contributed by atoms with Gasteiger partial charge in [0.1, 0.15) is 11.9 Å². The summed E-state index contributed by atoms with van der Waals surface area (Å²) >= 11 is 0. The first kappa shape index (κ1) is 12.3. The van der Waals surface area contributed by atoms with E-state index in [1.807, 2.05) is 6.07 Å². The first-order valence-electron chi connectivity index (χ1n) is 5.94. The predicted molar refractivity (Wildman–Crippen MR) is 65.5 cm³/mol. The number of nitriles is 1. The van der Waals surface area contributed by atoms with Gasteiger partial charge in [-0.25, -0.2) is 9.97 Å². The maximum absolute atomic E-state index is 10.8. The molecule has 0 saturated carbocycles. The van der Waals surface area contributed by atoms with Crippen molar-refractivity contribution in [1.29, 1.82) is 5.26 Å². The number of primary amides is 1. The monoisotopic (exact) mass is 245 g/mol. The van der Waals surface area contributed by atoms with E-state index in [2.05, 4.69) is 14.9 Å². The van der Waals surface area contributed by atoms with Crippen LogP contribution in [0.1, 0.15) is 25.0 Å². The molecule has 6 heteroatoms. The van der Waals surface area contributed by atoms with Crippen LogP contribution in [0.5, 0.6) is 0 Å². The quantitative estimate of drug-likeness (QED) is 0.833. The van der Waals surface area contributed by atoms with Crippen molar-refractivity contribution in [2.45, 2.75) is 19.3 Å². The van der Waals surface area contributed by atoms with Gasteiger partial charge in [0.15, 0.2) is 5.69 Å². The Kier molecular flexibility index (Phi) is 3.72. The number of carbonyl (C=O) groups is 1. The third-order valence-electron chi connectivity index (χ3n) is 3.18. The van der Waals surface area contributed by atoms with Crippen LogP contribution in [0.3, 0.4) is 0 Å². The molecule has 94 valence electrons. The van der Waals surface area contributed by atoms with Crippen LogP contribution in [0.2, 0.25) is 0 Å². The molecule has 1 amide bonds. The van der Waals surface area contributed by atoms with Crippen LogP contribution < -0.4 is 10.6 Å². The molecule has 1 fully saturated rings. The average molecular weight is 245 g/mol. The lowest BCUT2D eigenvalue weighted by Gasteiger charge is -2.32. The van der Waals surface area contributed by atoms with E-state index in [1.165, 1.54) is 6.20 Å². The molecule has 1 aliphatic rings. The van der Waals surface area contributed by atoms with Crippen molar-refractivity contribution >= 4 is 11.7 Å². The molecule has 6 nitrogen and oxygen atoms in total. The minimum absolute atomic E-state index is 0.230. The van der Waals surface area contributed by atoms with E-state index in [0.717, 1.165) is 31.7 Å². The summed E-state index contributed by atoms with van der Waals surface area (Å²) in [6.07, 6.45) is 5.43. The maximum atomic E-state index is 10.8. The lowest BCUT2D eigenvalue weighted by Crippen LogP contribution is -2.35. The molecule has 0 spiro atoms. The Morgan fingerprint density at radius 2 is 2.17 bits per heavy atom. The van der Waals surface area contributed by atoms with Gasteiger partial charge in [0.05, 0.1) is 12.4 Å². The molecule has 2 rings (SSSR count).